The second kappa shape index (κ2) is 21.8. The Bertz CT molecular complexity index is 1900. The molecule has 13 N–H and O–H groups in total. The average molecular weight is 1050 g/mol. The van der Waals surface area contributed by atoms with Gasteiger partial charge in [0.1, 0.15) is 85.5 Å². The topological polar surface area (TPSA) is 346 Å². The fourth-order valence-electron chi connectivity index (χ4n) is 14.9. The van der Waals surface area contributed by atoms with Gasteiger partial charge in [-0.25, -0.2) is 0 Å². The van der Waals surface area contributed by atoms with Gasteiger partial charge in [0, 0.05) is 12.3 Å². The largest absolute Gasteiger partial charge is 0.394 e. The van der Waals surface area contributed by atoms with Crippen LogP contribution in [0.4, 0.5) is 0 Å². The number of aliphatic hydroxyl groups is 13. The van der Waals surface area contributed by atoms with Crippen molar-refractivity contribution in [1.29, 1.82) is 0 Å². The molecule has 0 aromatic heterocycles. The Morgan fingerprint density at radius 2 is 1.22 bits per heavy atom. The normalized spacial score (nSPS) is 55.5. The van der Waals surface area contributed by atoms with E-state index in [1.807, 2.05) is 6.92 Å². The van der Waals surface area contributed by atoms with Crippen LogP contribution in [-0.4, -0.2) is 227 Å². The molecule has 22 nitrogen and oxygen atoms in total. The number of rotatable bonds is 14. The molecular formula is C51H84O22. The van der Waals surface area contributed by atoms with E-state index in [1.54, 1.807) is 0 Å². The Labute approximate surface area is 426 Å². The SMILES string of the molecule is C[C@@H](CCC1(O)OC2CC3C4CC=C5C[C@@H](O[C@H]6O[C@H](CO)[C@@H](O)[C@H](O[C@@H]7O[C@@H](C)[C@H](O)[C@@H](O)[C@H]7O)[C@H]6O[C@@H]6O[C@@H](C)[C@H](O)[C@@H](O)[C@H]6O)CC[C@]5(C)C4CC[C@]3(C)C2[C@@H]1C)CO[C@@H]1O[C@H](CO)[C@@H](O)[C@H](O)[C@H]1O. The summed E-state index contributed by atoms with van der Waals surface area (Å²) in [7, 11) is 0. The van der Waals surface area contributed by atoms with Crippen LogP contribution >= 0.6 is 0 Å². The molecule has 3 saturated carbocycles. The molecule has 0 aromatic rings. The molecule has 31 atom stereocenters. The number of allylic oxidation sites excluding steroid dienone is 1. The zero-order chi connectivity index (χ0) is 52.8. The summed E-state index contributed by atoms with van der Waals surface area (Å²) in [6.07, 6.45) is -20.7. The molecule has 6 unspecified atom stereocenters. The second-order valence-corrected chi connectivity index (χ2v) is 23.8. The van der Waals surface area contributed by atoms with Crippen LogP contribution in [0.15, 0.2) is 11.6 Å². The predicted octanol–water partition coefficient (Wildman–Crippen LogP) is -1.98. The van der Waals surface area contributed by atoms with Crippen LogP contribution in [0, 0.1) is 46.3 Å². The Kier molecular flexibility index (Phi) is 16.9. The van der Waals surface area contributed by atoms with Gasteiger partial charge in [-0.05, 0) is 106 Å². The molecule has 0 radical (unpaired) electrons. The molecule has 420 valence electrons. The minimum atomic E-state index is -1.77. The quantitative estimate of drug-likeness (QED) is 0.0839. The summed E-state index contributed by atoms with van der Waals surface area (Å²) >= 11 is 0. The molecule has 5 saturated heterocycles. The van der Waals surface area contributed by atoms with Crippen molar-refractivity contribution >= 4 is 0 Å². The van der Waals surface area contributed by atoms with Crippen LogP contribution in [-0.2, 0) is 42.6 Å². The van der Waals surface area contributed by atoms with Gasteiger partial charge in [-0.15, -0.1) is 0 Å². The lowest BCUT2D eigenvalue weighted by atomic mass is 9.47. The fraction of sp³-hybridized carbons (Fsp3) is 0.961. The van der Waals surface area contributed by atoms with Gasteiger partial charge in [0.15, 0.2) is 30.9 Å². The zero-order valence-corrected chi connectivity index (χ0v) is 42.7. The molecular weight excluding hydrogens is 965 g/mol. The third-order valence-corrected chi connectivity index (χ3v) is 19.5. The van der Waals surface area contributed by atoms with Gasteiger partial charge < -0.3 is 109 Å². The van der Waals surface area contributed by atoms with Crippen molar-refractivity contribution in [3.63, 3.8) is 0 Å². The van der Waals surface area contributed by atoms with Gasteiger partial charge in [0.05, 0.1) is 44.2 Å². The van der Waals surface area contributed by atoms with Crippen molar-refractivity contribution < 1.29 is 109 Å². The second-order valence-electron chi connectivity index (χ2n) is 23.8. The smallest absolute Gasteiger partial charge is 0.187 e. The van der Waals surface area contributed by atoms with Gasteiger partial charge in [0.2, 0.25) is 0 Å². The molecule has 5 heterocycles. The summed E-state index contributed by atoms with van der Waals surface area (Å²) in [5, 5.41) is 139. The summed E-state index contributed by atoms with van der Waals surface area (Å²) < 4.78 is 55.0. The minimum Gasteiger partial charge on any atom is -0.394 e. The third-order valence-electron chi connectivity index (χ3n) is 19.5. The first-order chi connectivity index (χ1) is 34.5. The lowest BCUT2D eigenvalue weighted by Crippen LogP contribution is -2.67. The van der Waals surface area contributed by atoms with E-state index in [-0.39, 0.29) is 41.3 Å². The molecule has 4 aliphatic carbocycles. The maximum atomic E-state index is 12.1. The highest BCUT2D eigenvalue weighted by atomic mass is 16.8. The van der Waals surface area contributed by atoms with E-state index < -0.39 is 148 Å². The number of hydrogen-bond donors (Lipinski definition) is 13. The standard InChI is InChI=1S/C51H84O22/c1-20(19-65-45-40(61)39(60)35(56)30(17-52)69-45)9-14-51(64)21(2)32-29(73-51)16-28-26-8-7-24-15-25(10-12-49(24,5)27(26)11-13-50(28,32)6)68-48-44(72-47-42(63)38(59)34(55)23(4)67-47)43(36(57)31(18-53)70-48)71-46-41(62)37(58)33(54)22(3)66-46/h7,20-23,25-48,52-64H,8-19H2,1-6H3/t20-,21-,22-,23-,25-,26?,27?,28?,29?,30+,31+,32?,33-,34-,35+,36+,37+,38+,39-,40+,41+,42+,43-,44+,45+,46-,47-,48-,49-,50-,51?/m0/s1. The Balaban J connectivity index is 0.860. The first kappa shape index (κ1) is 56.6. The Morgan fingerprint density at radius 1 is 0.644 bits per heavy atom. The molecule has 0 amide bonds. The molecule has 8 fully saturated rings. The van der Waals surface area contributed by atoms with E-state index >= 15 is 0 Å². The highest BCUT2D eigenvalue weighted by Crippen LogP contribution is 2.70. The minimum absolute atomic E-state index is 0.0640. The molecule has 0 spiro atoms. The van der Waals surface area contributed by atoms with Gasteiger partial charge in [-0.2, -0.15) is 0 Å². The van der Waals surface area contributed by atoms with Gasteiger partial charge >= 0.3 is 0 Å². The molecule has 9 aliphatic rings. The summed E-state index contributed by atoms with van der Waals surface area (Å²) in [5.41, 5.74) is 1.05. The van der Waals surface area contributed by atoms with E-state index in [2.05, 4.69) is 26.8 Å². The molecule has 0 aromatic carbocycles. The molecule has 22 heteroatoms. The van der Waals surface area contributed by atoms with Crippen molar-refractivity contribution in [2.75, 3.05) is 19.8 Å². The van der Waals surface area contributed by atoms with E-state index in [0.717, 1.165) is 32.1 Å². The number of ether oxygens (including phenoxy) is 9. The summed E-state index contributed by atoms with van der Waals surface area (Å²) in [6.45, 7) is 10.7. The first-order valence-electron chi connectivity index (χ1n) is 26.8. The molecule has 0 bridgehead atoms. The average Bonchev–Trinajstić information content (AvgIpc) is 3.80. The van der Waals surface area contributed by atoms with Crippen LogP contribution < -0.4 is 0 Å². The van der Waals surface area contributed by atoms with Crippen LogP contribution in [0.2, 0.25) is 0 Å². The zero-order valence-electron chi connectivity index (χ0n) is 42.7. The van der Waals surface area contributed by atoms with E-state index in [9.17, 15) is 66.4 Å². The van der Waals surface area contributed by atoms with Gasteiger partial charge in [-0.3, -0.25) is 0 Å². The maximum Gasteiger partial charge on any atom is 0.187 e. The molecule has 73 heavy (non-hydrogen) atoms. The van der Waals surface area contributed by atoms with Crippen LogP contribution in [0.25, 0.3) is 0 Å². The lowest BCUT2D eigenvalue weighted by Gasteiger charge is -2.58. The van der Waals surface area contributed by atoms with E-state index in [1.165, 1.54) is 19.4 Å². The van der Waals surface area contributed by atoms with Crippen LogP contribution in [0.1, 0.15) is 99.3 Å². The van der Waals surface area contributed by atoms with Gasteiger partial charge in [0.25, 0.3) is 0 Å². The third kappa shape index (κ3) is 10.2. The van der Waals surface area contributed by atoms with Crippen molar-refractivity contribution in [3.05, 3.63) is 11.6 Å². The van der Waals surface area contributed by atoms with E-state index in [0.29, 0.717) is 43.4 Å². The molecule has 9 rings (SSSR count). The maximum absolute atomic E-state index is 12.1. The van der Waals surface area contributed by atoms with E-state index in [4.69, 9.17) is 42.6 Å². The van der Waals surface area contributed by atoms with Crippen molar-refractivity contribution in [2.24, 2.45) is 46.3 Å². The van der Waals surface area contributed by atoms with Crippen LogP contribution in [0.3, 0.4) is 0 Å². The highest BCUT2D eigenvalue weighted by Gasteiger charge is 2.68. The highest BCUT2D eigenvalue weighted by molar-refractivity contribution is 5.26. The van der Waals surface area contributed by atoms with Crippen molar-refractivity contribution in [2.45, 2.75) is 240 Å². The number of hydrogen-bond acceptors (Lipinski definition) is 22. The van der Waals surface area contributed by atoms with Crippen LogP contribution in [0.5, 0.6) is 0 Å². The Hall–Kier alpha value is -1.14. The fourth-order valence-corrected chi connectivity index (χ4v) is 14.9. The summed E-state index contributed by atoms with van der Waals surface area (Å²) in [5.74, 6) is -0.265. The van der Waals surface area contributed by atoms with Crippen molar-refractivity contribution in [1.82, 2.24) is 0 Å². The lowest BCUT2D eigenvalue weighted by molar-refractivity contribution is -0.393. The Morgan fingerprint density at radius 3 is 1.85 bits per heavy atom. The first-order valence-corrected chi connectivity index (χ1v) is 26.8. The number of aliphatic hydroxyl groups excluding tert-OH is 12. The number of fused-ring (bicyclic) bond motifs is 7. The van der Waals surface area contributed by atoms with Crippen molar-refractivity contribution in [3.8, 4) is 0 Å². The molecule has 5 aliphatic heterocycles. The summed E-state index contributed by atoms with van der Waals surface area (Å²) in [6, 6.07) is 0. The predicted molar refractivity (Wildman–Crippen MR) is 249 cm³/mol. The monoisotopic (exact) mass is 1050 g/mol. The summed E-state index contributed by atoms with van der Waals surface area (Å²) in [4.78, 5) is 0. The van der Waals surface area contributed by atoms with Gasteiger partial charge in [-0.1, -0.05) is 39.3 Å².